The maximum Gasteiger partial charge on any atom is 0.0216 e. The summed E-state index contributed by atoms with van der Waals surface area (Å²) in [5.74, 6) is 5.86. The molecule has 0 aliphatic heterocycles. The van der Waals surface area contributed by atoms with E-state index in [0.717, 1.165) is 26.1 Å². The molecule has 0 unspecified atom stereocenters. The molecule has 0 radical (unpaired) electrons. The Balaban J connectivity index is 3.18. The van der Waals surface area contributed by atoms with E-state index in [1.165, 1.54) is 0 Å². The summed E-state index contributed by atoms with van der Waals surface area (Å²) >= 11 is 0. The van der Waals surface area contributed by atoms with Crippen molar-refractivity contribution >= 4 is 0 Å². The average Bonchev–Trinajstić information content (AvgIpc) is 1.89. The van der Waals surface area contributed by atoms with E-state index in [1.807, 2.05) is 6.92 Å². The number of rotatable bonds is 4. The van der Waals surface area contributed by atoms with Gasteiger partial charge in [0.2, 0.25) is 0 Å². The molecular formula is C8H16N2. The zero-order valence-corrected chi connectivity index (χ0v) is 6.85. The van der Waals surface area contributed by atoms with Crippen LogP contribution in [0.1, 0.15) is 13.3 Å². The summed E-state index contributed by atoms with van der Waals surface area (Å²) in [6.07, 6.45) is 0.951. The minimum absolute atomic E-state index is 0.732. The maximum absolute atomic E-state index is 5.36. The third-order valence-corrected chi connectivity index (χ3v) is 1.31. The van der Waals surface area contributed by atoms with Crippen molar-refractivity contribution in [2.45, 2.75) is 13.3 Å². The lowest BCUT2D eigenvalue weighted by atomic mass is 10.4. The molecule has 0 saturated heterocycles. The molecule has 0 spiro atoms. The van der Waals surface area contributed by atoms with Crippen molar-refractivity contribution in [3.8, 4) is 11.8 Å². The Morgan fingerprint density at radius 2 is 2.10 bits per heavy atom. The highest BCUT2D eigenvalue weighted by Crippen LogP contribution is 1.83. The number of nitrogens with zero attached hydrogens (tertiary/aromatic N) is 1. The minimum Gasteiger partial charge on any atom is -0.329 e. The second-order valence-corrected chi connectivity index (χ2v) is 2.27. The molecule has 2 nitrogen and oxygen atoms in total. The van der Waals surface area contributed by atoms with E-state index < -0.39 is 0 Å². The van der Waals surface area contributed by atoms with E-state index in [4.69, 9.17) is 5.73 Å². The quantitative estimate of drug-likeness (QED) is 0.569. The van der Waals surface area contributed by atoms with Crippen LogP contribution in [0.3, 0.4) is 0 Å². The Hall–Kier alpha value is -0.520. The summed E-state index contributed by atoms with van der Waals surface area (Å²) in [6.45, 7) is 4.59. The molecule has 0 aliphatic rings. The van der Waals surface area contributed by atoms with Gasteiger partial charge >= 0.3 is 0 Å². The maximum atomic E-state index is 5.36. The Morgan fingerprint density at radius 1 is 1.40 bits per heavy atom. The highest BCUT2D eigenvalue weighted by molar-refractivity contribution is 4.95. The predicted octanol–water partition coefficient (Wildman–Crippen LogP) is 0.290. The summed E-state index contributed by atoms with van der Waals surface area (Å²) < 4.78 is 0. The molecule has 0 aromatic carbocycles. The Morgan fingerprint density at radius 3 is 2.60 bits per heavy atom. The van der Waals surface area contributed by atoms with Crippen LogP contribution in [-0.2, 0) is 0 Å². The minimum atomic E-state index is 0.732. The van der Waals surface area contributed by atoms with Crippen LogP contribution in [0.2, 0.25) is 0 Å². The van der Waals surface area contributed by atoms with Crippen LogP contribution in [0.25, 0.3) is 0 Å². The molecule has 0 bridgehead atoms. The fraction of sp³-hybridized carbons (Fsp3) is 0.750. The Labute approximate surface area is 63.4 Å². The van der Waals surface area contributed by atoms with Gasteiger partial charge in [-0.25, -0.2) is 0 Å². The van der Waals surface area contributed by atoms with Crippen molar-refractivity contribution in [2.75, 3.05) is 26.7 Å². The molecule has 10 heavy (non-hydrogen) atoms. The molecule has 0 atom stereocenters. The summed E-state index contributed by atoms with van der Waals surface area (Å²) in [5.41, 5.74) is 5.36. The normalized spacial score (nSPS) is 9.20. The van der Waals surface area contributed by atoms with Gasteiger partial charge in [-0.05, 0) is 14.0 Å². The lowest BCUT2D eigenvalue weighted by Crippen LogP contribution is -2.26. The van der Waals surface area contributed by atoms with Crippen molar-refractivity contribution < 1.29 is 0 Å². The standard InChI is InChI=1S/C8H16N2/c1-3-4-5-7-10(2)8-6-9/h5-9H2,1-2H3. The van der Waals surface area contributed by atoms with E-state index in [9.17, 15) is 0 Å². The molecule has 0 heterocycles. The van der Waals surface area contributed by atoms with E-state index >= 15 is 0 Å². The first-order valence-electron chi connectivity index (χ1n) is 3.59. The van der Waals surface area contributed by atoms with Crippen molar-refractivity contribution in [3.63, 3.8) is 0 Å². The summed E-state index contributed by atoms with van der Waals surface area (Å²) in [6, 6.07) is 0. The van der Waals surface area contributed by atoms with E-state index in [2.05, 4.69) is 23.8 Å². The van der Waals surface area contributed by atoms with Crippen LogP contribution in [0.5, 0.6) is 0 Å². The first-order chi connectivity index (χ1) is 4.81. The molecule has 2 N–H and O–H groups in total. The second-order valence-electron chi connectivity index (χ2n) is 2.27. The van der Waals surface area contributed by atoms with Crippen LogP contribution in [0, 0.1) is 11.8 Å². The second kappa shape index (κ2) is 6.60. The molecular weight excluding hydrogens is 124 g/mol. The topological polar surface area (TPSA) is 29.3 Å². The third-order valence-electron chi connectivity index (χ3n) is 1.31. The largest absolute Gasteiger partial charge is 0.329 e. The lowest BCUT2D eigenvalue weighted by Gasteiger charge is -2.12. The molecule has 0 saturated carbocycles. The molecule has 58 valence electrons. The highest BCUT2D eigenvalue weighted by Gasteiger charge is 1.91. The predicted molar refractivity (Wildman–Crippen MR) is 44.6 cm³/mol. The molecule has 2 heteroatoms. The van der Waals surface area contributed by atoms with Crippen molar-refractivity contribution in [1.82, 2.24) is 4.90 Å². The van der Waals surface area contributed by atoms with Gasteiger partial charge < -0.3 is 10.6 Å². The molecule has 0 amide bonds. The van der Waals surface area contributed by atoms with E-state index in [0.29, 0.717) is 0 Å². The summed E-state index contributed by atoms with van der Waals surface area (Å²) in [5, 5.41) is 0. The number of nitrogens with two attached hydrogens (primary N) is 1. The first kappa shape index (κ1) is 9.48. The smallest absolute Gasteiger partial charge is 0.0216 e. The summed E-state index contributed by atoms with van der Waals surface area (Å²) in [4.78, 5) is 2.18. The van der Waals surface area contributed by atoms with Gasteiger partial charge in [0.05, 0.1) is 0 Å². The van der Waals surface area contributed by atoms with Gasteiger partial charge in [0, 0.05) is 26.1 Å². The molecule has 0 aromatic heterocycles. The van der Waals surface area contributed by atoms with E-state index in [1.54, 1.807) is 0 Å². The zero-order valence-electron chi connectivity index (χ0n) is 6.85. The fourth-order valence-electron chi connectivity index (χ4n) is 0.704. The van der Waals surface area contributed by atoms with Gasteiger partial charge in [0.1, 0.15) is 0 Å². The molecule has 0 fully saturated rings. The third kappa shape index (κ3) is 5.61. The summed E-state index contributed by atoms with van der Waals surface area (Å²) in [7, 11) is 2.06. The van der Waals surface area contributed by atoms with Crippen molar-refractivity contribution in [1.29, 1.82) is 0 Å². The fourth-order valence-corrected chi connectivity index (χ4v) is 0.704. The van der Waals surface area contributed by atoms with Crippen molar-refractivity contribution in [2.24, 2.45) is 5.73 Å². The van der Waals surface area contributed by atoms with Gasteiger partial charge in [-0.15, -0.1) is 11.8 Å². The van der Waals surface area contributed by atoms with Crippen LogP contribution in [-0.4, -0.2) is 31.6 Å². The molecule has 0 rings (SSSR count). The monoisotopic (exact) mass is 140 g/mol. The first-order valence-corrected chi connectivity index (χ1v) is 3.59. The van der Waals surface area contributed by atoms with Gasteiger partial charge in [-0.2, -0.15) is 0 Å². The molecule has 0 aromatic rings. The van der Waals surface area contributed by atoms with Crippen LogP contribution >= 0.6 is 0 Å². The van der Waals surface area contributed by atoms with Crippen LogP contribution < -0.4 is 5.73 Å². The van der Waals surface area contributed by atoms with Gasteiger partial charge in [-0.1, -0.05) is 0 Å². The number of hydrogen-bond acceptors (Lipinski definition) is 2. The SMILES string of the molecule is CC#CCCN(C)CCN. The van der Waals surface area contributed by atoms with E-state index in [-0.39, 0.29) is 0 Å². The zero-order chi connectivity index (χ0) is 7.82. The highest BCUT2D eigenvalue weighted by atomic mass is 15.1. The van der Waals surface area contributed by atoms with Crippen LogP contribution in [0.4, 0.5) is 0 Å². The van der Waals surface area contributed by atoms with Gasteiger partial charge in [0.25, 0.3) is 0 Å². The van der Waals surface area contributed by atoms with Gasteiger partial charge in [-0.3, -0.25) is 0 Å². The lowest BCUT2D eigenvalue weighted by molar-refractivity contribution is 0.352. The Bertz CT molecular complexity index is 121. The van der Waals surface area contributed by atoms with Gasteiger partial charge in [0.15, 0.2) is 0 Å². The Kier molecular flexibility index (Phi) is 6.25. The molecule has 0 aliphatic carbocycles. The average molecular weight is 140 g/mol. The van der Waals surface area contributed by atoms with Crippen LogP contribution in [0.15, 0.2) is 0 Å². The number of likely N-dealkylation sites (N-methyl/N-ethyl adjacent to an activating group) is 1. The number of hydrogen-bond donors (Lipinski definition) is 1. The van der Waals surface area contributed by atoms with Crippen molar-refractivity contribution in [3.05, 3.63) is 0 Å².